The van der Waals surface area contributed by atoms with Crippen LogP contribution in [0.25, 0.3) is 0 Å². The molecule has 0 atom stereocenters. The standard InChI is InChI=1S/C14H10ClNO4/c1-9-12(3-2-4-13(9)15)14(17)20-11-7-5-10(6-8-11)16(18)19/h2-8H,1H3. The zero-order valence-electron chi connectivity index (χ0n) is 10.5. The number of halogens is 1. The van der Waals surface area contributed by atoms with Gasteiger partial charge in [-0.2, -0.15) is 0 Å². The first-order valence-corrected chi connectivity index (χ1v) is 6.08. The summed E-state index contributed by atoms with van der Waals surface area (Å²) in [6.07, 6.45) is 0. The smallest absolute Gasteiger partial charge is 0.343 e. The summed E-state index contributed by atoms with van der Waals surface area (Å²) in [5.41, 5.74) is 0.917. The van der Waals surface area contributed by atoms with Gasteiger partial charge < -0.3 is 4.74 Å². The first kappa shape index (κ1) is 14.0. The van der Waals surface area contributed by atoms with E-state index >= 15 is 0 Å². The predicted molar refractivity (Wildman–Crippen MR) is 74.2 cm³/mol. The lowest BCUT2D eigenvalue weighted by Crippen LogP contribution is -2.10. The normalized spacial score (nSPS) is 10.1. The summed E-state index contributed by atoms with van der Waals surface area (Å²) in [7, 11) is 0. The van der Waals surface area contributed by atoms with E-state index in [1.54, 1.807) is 25.1 Å². The van der Waals surface area contributed by atoms with Gasteiger partial charge in [-0.3, -0.25) is 10.1 Å². The van der Waals surface area contributed by atoms with Crippen LogP contribution >= 0.6 is 11.6 Å². The summed E-state index contributed by atoms with van der Waals surface area (Å²) in [6, 6.07) is 10.2. The molecule has 0 unspecified atom stereocenters. The molecule has 0 amide bonds. The van der Waals surface area contributed by atoms with Gasteiger partial charge in [-0.1, -0.05) is 17.7 Å². The number of hydrogen-bond donors (Lipinski definition) is 0. The number of esters is 1. The number of hydrogen-bond acceptors (Lipinski definition) is 4. The topological polar surface area (TPSA) is 69.4 Å². The molecular formula is C14H10ClNO4. The van der Waals surface area contributed by atoms with Crippen LogP contribution in [-0.2, 0) is 0 Å². The molecule has 0 saturated carbocycles. The summed E-state index contributed by atoms with van der Waals surface area (Å²) in [5, 5.41) is 11.0. The third-order valence-corrected chi connectivity index (χ3v) is 3.16. The number of benzene rings is 2. The fraction of sp³-hybridized carbons (Fsp3) is 0.0714. The maximum atomic E-state index is 12.0. The van der Waals surface area contributed by atoms with Gasteiger partial charge in [-0.05, 0) is 36.8 Å². The monoisotopic (exact) mass is 291 g/mol. The fourth-order valence-corrected chi connectivity index (χ4v) is 1.80. The minimum atomic E-state index is -0.557. The number of nitro benzene ring substituents is 1. The molecule has 2 aromatic rings. The predicted octanol–water partition coefficient (Wildman–Crippen LogP) is 3.78. The van der Waals surface area contributed by atoms with Gasteiger partial charge in [-0.25, -0.2) is 4.79 Å². The fourth-order valence-electron chi connectivity index (χ4n) is 1.63. The molecule has 0 spiro atoms. The SMILES string of the molecule is Cc1c(Cl)cccc1C(=O)Oc1ccc([N+](=O)[O-])cc1. The molecule has 20 heavy (non-hydrogen) atoms. The molecule has 6 heteroatoms. The second-order valence-electron chi connectivity index (χ2n) is 4.05. The van der Waals surface area contributed by atoms with Gasteiger partial charge in [0.15, 0.2) is 0 Å². The van der Waals surface area contributed by atoms with Gasteiger partial charge in [0.2, 0.25) is 0 Å². The molecule has 0 saturated heterocycles. The Kier molecular flexibility index (Phi) is 4.00. The first-order chi connectivity index (χ1) is 9.49. The van der Waals surface area contributed by atoms with Crippen LogP contribution in [0.1, 0.15) is 15.9 Å². The highest BCUT2D eigenvalue weighted by molar-refractivity contribution is 6.31. The van der Waals surface area contributed by atoms with Crippen LogP contribution in [0.4, 0.5) is 5.69 Å². The van der Waals surface area contributed by atoms with E-state index in [9.17, 15) is 14.9 Å². The second-order valence-corrected chi connectivity index (χ2v) is 4.46. The minimum absolute atomic E-state index is 0.0660. The van der Waals surface area contributed by atoms with Gasteiger partial charge in [-0.15, -0.1) is 0 Å². The second kappa shape index (κ2) is 5.71. The number of nitrogens with zero attached hydrogens (tertiary/aromatic N) is 1. The molecule has 2 aromatic carbocycles. The summed E-state index contributed by atoms with van der Waals surface area (Å²) >= 11 is 5.93. The molecule has 0 heterocycles. The molecule has 0 radical (unpaired) electrons. The van der Waals surface area contributed by atoms with Gasteiger partial charge in [0.05, 0.1) is 10.5 Å². The summed E-state index contributed by atoms with van der Waals surface area (Å²) in [6.45, 7) is 1.72. The lowest BCUT2D eigenvalue weighted by atomic mass is 10.1. The van der Waals surface area contributed by atoms with Gasteiger partial charge in [0.25, 0.3) is 5.69 Å². The van der Waals surface area contributed by atoms with Crippen LogP contribution in [0.15, 0.2) is 42.5 Å². The van der Waals surface area contributed by atoms with Crippen molar-refractivity contribution in [2.75, 3.05) is 0 Å². The molecule has 0 fully saturated rings. The van der Waals surface area contributed by atoms with E-state index in [0.29, 0.717) is 16.1 Å². The average Bonchev–Trinajstić information content (AvgIpc) is 2.42. The molecule has 0 aliphatic heterocycles. The van der Waals surface area contributed by atoms with Gasteiger partial charge >= 0.3 is 5.97 Å². The Labute approximate surface area is 119 Å². The highest BCUT2D eigenvalue weighted by Crippen LogP contribution is 2.22. The van der Waals surface area contributed by atoms with Crippen molar-refractivity contribution in [2.24, 2.45) is 0 Å². The number of carbonyl (C=O) groups excluding carboxylic acids is 1. The van der Waals surface area contributed by atoms with Crippen LogP contribution in [0.3, 0.4) is 0 Å². The highest BCUT2D eigenvalue weighted by Gasteiger charge is 2.14. The molecule has 0 aliphatic rings. The van der Waals surface area contributed by atoms with Crippen LogP contribution < -0.4 is 4.74 Å². The largest absolute Gasteiger partial charge is 0.423 e. The zero-order chi connectivity index (χ0) is 14.7. The van der Waals surface area contributed by atoms with E-state index in [1.807, 2.05) is 0 Å². The van der Waals surface area contributed by atoms with Crippen molar-refractivity contribution in [2.45, 2.75) is 6.92 Å². The van der Waals surface area contributed by atoms with Crippen molar-refractivity contribution in [3.63, 3.8) is 0 Å². The lowest BCUT2D eigenvalue weighted by Gasteiger charge is -2.07. The Morgan fingerprint density at radius 3 is 2.45 bits per heavy atom. The lowest BCUT2D eigenvalue weighted by molar-refractivity contribution is -0.384. The molecule has 102 valence electrons. The Bertz CT molecular complexity index is 667. The third kappa shape index (κ3) is 2.95. The third-order valence-electron chi connectivity index (χ3n) is 2.75. The van der Waals surface area contributed by atoms with Crippen LogP contribution in [0.5, 0.6) is 5.75 Å². The Morgan fingerprint density at radius 2 is 1.85 bits per heavy atom. The summed E-state index contributed by atoms with van der Waals surface area (Å²) < 4.78 is 5.15. The Hall–Kier alpha value is -2.40. The van der Waals surface area contributed by atoms with Crippen molar-refractivity contribution in [3.05, 3.63) is 68.7 Å². The average molecular weight is 292 g/mol. The van der Waals surface area contributed by atoms with Crippen molar-refractivity contribution < 1.29 is 14.5 Å². The zero-order valence-corrected chi connectivity index (χ0v) is 11.3. The summed E-state index contributed by atoms with van der Waals surface area (Å²) in [4.78, 5) is 22.0. The first-order valence-electron chi connectivity index (χ1n) is 5.71. The Balaban J connectivity index is 2.19. The molecule has 2 rings (SSSR count). The number of non-ortho nitro benzene ring substituents is 1. The molecule has 0 bridgehead atoms. The highest BCUT2D eigenvalue weighted by atomic mass is 35.5. The molecule has 5 nitrogen and oxygen atoms in total. The van der Waals surface area contributed by atoms with Gasteiger partial charge in [0.1, 0.15) is 5.75 Å². The van der Waals surface area contributed by atoms with Crippen molar-refractivity contribution >= 4 is 23.3 Å². The Morgan fingerprint density at radius 1 is 1.20 bits per heavy atom. The number of ether oxygens (including phenoxy) is 1. The molecule has 0 aliphatic carbocycles. The van der Waals surface area contributed by atoms with Gasteiger partial charge in [0, 0.05) is 17.2 Å². The number of carbonyl (C=O) groups is 1. The maximum absolute atomic E-state index is 12.0. The van der Waals surface area contributed by atoms with Crippen LogP contribution in [-0.4, -0.2) is 10.9 Å². The van der Waals surface area contributed by atoms with E-state index in [4.69, 9.17) is 16.3 Å². The van der Waals surface area contributed by atoms with Crippen molar-refractivity contribution in [1.82, 2.24) is 0 Å². The van der Waals surface area contributed by atoms with Crippen molar-refractivity contribution in [1.29, 1.82) is 0 Å². The minimum Gasteiger partial charge on any atom is -0.423 e. The number of rotatable bonds is 3. The van der Waals surface area contributed by atoms with E-state index in [-0.39, 0.29) is 11.4 Å². The molecule has 0 aromatic heterocycles. The van der Waals surface area contributed by atoms with E-state index in [2.05, 4.69) is 0 Å². The van der Waals surface area contributed by atoms with E-state index in [1.165, 1.54) is 24.3 Å². The number of nitro groups is 1. The maximum Gasteiger partial charge on any atom is 0.343 e. The van der Waals surface area contributed by atoms with Crippen LogP contribution in [0, 0.1) is 17.0 Å². The molecular weight excluding hydrogens is 282 g/mol. The van der Waals surface area contributed by atoms with E-state index < -0.39 is 10.9 Å². The summed E-state index contributed by atoms with van der Waals surface area (Å²) in [5.74, 6) is -0.321. The van der Waals surface area contributed by atoms with E-state index in [0.717, 1.165) is 0 Å². The van der Waals surface area contributed by atoms with Crippen molar-refractivity contribution in [3.8, 4) is 5.75 Å². The quantitative estimate of drug-likeness (QED) is 0.373. The molecule has 0 N–H and O–H groups in total. The van der Waals surface area contributed by atoms with Crippen LogP contribution in [0.2, 0.25) is 5.02 Å².